The second kappa shape index (κ2) is 17.2. The first-order valence-electron chi connectivity index (χ1n) is 12.6. The lowest BCUT2D eigenvalue weighted by molar-refractivity contribution is -0.145. The summed E-state index contributed by atoms with van der Waals surface area (Å²) in [5.41, 5.74) is 6.37. The van der Waals surface area contributed by atoms with Crippen LogP contribution in [0.25, 0.3) is 0 Å². The first-order valence-corrected chi connectivity index (χ1v) is 12.6. The van der Waals surface area contributed by atoms with Crippen molar-refractivity contribution in [3.8, 4) is 11.5 Å². The van der Waals surface area contributed by atoms with Crippen LogP contribution in [-0.2, 0) is 23.8 Å². The third-order valence-electron chi connectivity index (χ3n) is 5.42. The van der Waals surface area contributed by atoms with Crippen LogP contribution in [0.3, 0.4) is 0 Å². The molecule has 0 aliphatic carbocycles. The molecule has 0 aliphatic rings. The van der Waals surface area contributed by atoms with Gasteiger partial charge in [0.2, 0.25) is 0 Å². The number of carboxylic acid groups (broad SMARTS) is 1. The molecule has 208 valence electrons. The summed E-state index contributed by atoms with van der Waals surface area (Å²) >= 11 is 0. The number of rotatable bonds is 16. The van der Waals surface area contributed by atoms with Crippen LogP contribution in [0.15, 0.2) is 18.2 Å². The summed E-state index contributed by atoms with van der Waals surface area (Å²) in [5, 5.41) is 9.61. The maximum Gasteiger partial charge on any atom is 0.513 e. The highest BCUT2D eigenvalue weighted by Crippen LogP contribution is 2.36. The minimum atomic E-state index is -1.37. The number of benzene rings is 1. The number of carbonyl (C=O) groups is 4. The predicted molar refractivity (Wildman–Crippen MR) is 134 cm³/mol. The highest BCUT2D eigenvalue weighted by atomic mass is 16.7. The molecule has 2 unspecified atom stereocenters. The van der Waals surface area contributed by atoms with E-state index in [1.165, 1.54) is 18.2 Å². The SMILES string of the molecule is CCCCOC(=O)Oc1ccc(C(C(C)COC(=O)CCC)[C@H](N)C(=O)O)cc1OC(=O)OCCCC. The highest BCUT2D eigenvalue weighted by Gasteiger charge is 2.33. The third-order valence-corrected chi connectivity index (χ3v) is 5.42. The van der Waals surface area contributed by atoms with Gasteiger partial charge in [0.25, 0.3) is 0 Å². The van der Waals surface area contributed by atoms with Gasteiger partial charge in [-0.1, -0.05) is 46.6 Å². The van der Waals surface area contributed by atoms with E-state index >= 15 is 0 Å². The van der Waals surface area contributed by atoms with Crippen LogP contribution in [-0.4, -0.2) is 55.2 Å². The smallest absolute Gasteiger partial charge is 0.480 e. The van der Waals surface area contributed by atoms with Crippen molar-refractivity contribution >= 4 is 24.2 Å². The molecule has 11 nitrogen and oxygen atoms in total. The maximum atomic E-state index is 12.2. The first-order chi connectivity index (χ1) is 17.6. The molecule has 0 aliphatic heterocycles. The summed E-state index contributed by atoms with van der Waals surface area (Å²) < 4.78 is 25.8. The Labute approximate surface area is 217 Å². The number of unbranched alkanes of at least 4 members (excludes halogenated alkanes) is 2. The molecule has 0 fully saturated rings. The zero-order valence-corrected chi connectivity index (χ0v) is 22.0. The van der Waals surface area contributed by atoms with Gasteiger partial charge in [-0.25, -0.2) is 9.59 Å². The Bertz CT molecular complexity index is 888. The van der Waals surface area contributed by atoms with Crippen LogP contribution < -0.4 is 15.2 Å². The maximum absolute atomic E-state index is 12.2. The van der Waals surface area contributed by atoms with Gasteiger partial charge in [-0.05, 0) is 42.9 Å². The minimum Gasteiger partial charge on any atom is -0.480 e. The summed E-state index contributed by atoms with van der Waals surface area (Å²) in [6, 6.07) is 2.84. The Balaban J connectivity index is 3.27. The molecule has 1 aromatic carbocycles. The van der Waals surface area contributed by atoms with E-state index in [2.05, 4.69) is 0 Å². The van der Waals surface area contributed by atoms with Gasteiger partial charge in [0.1, 0.15) is 6.04 Å². The molecule has 1 rings (SSSR count). The van der Waals surface area contributed by atoms with Crippen LogP contribution >= 0.6 is 0 Å². The average Bonchev–Trinajstić information content (AvgIpc) is 2.84. The number of hydrogen-bond acceptors (Lipinski definition) is 10. The second-order valence-corrected chi connectivity index (χ2v) is 8.61. The van der Waals surface area contributed by atoms with Gasteiger partial charge >= 0.3 is 24.2 Å². The molecule has 3 atom stereocenters. The van der Waals surface area contributed by atoms with Crippen molar-refractivity contribution in [1.29, 1.82) is 0 Å². The number of esters is 1. The summed E-state index contributed by atoms with van der Waals surface area (Å²) in [6.07, 6.45) is 1.75. The molecule has 37 heavy (non-hydrogen) atoms. The zero-order chi connectivity index (χ0) is 27.8. The van der Waals surface area contributed by atoms with E-state index in [-0.39, 0.29) is 37.7 Å². The molecular weight excluding hydrogens is 486 g/mol. The Morgan fingerprint density at radius 3 is 1.95 bits per heavy atom. The third kappa shape index (κ3) is 11.5. The molecule has 0 aromatic heterocycles. The molecule has 0 saturated heterocycles. The normalized spacial score (nSPS) is 13.1. The van der Waals surface area contributed by atoms with Crippen LogP contribution in [0.2, 0.25) is 0 Å². The molecule has 11 heteroatoms. The van der Waals surface area contributed by atoms with Crippen molar-refractivity contribution < 1.29 is 48.0 Å². The second-order valence-electron chi connectivity index (χ2n) is 8.61. The lowest BCUT2D eigenvalue weighted by atomic mass is 9.82. The fourth-order valence-electron chi connectivity index (χ4n) is 3.38. The van der Waals surface area contributed by atoms with E-state index in [1.54, 1.807) is 6.92 Å². The van der Waals surface area contributed by atoms with E-state index < -0.39 is 42.1 Å². The van der Waals surface area contributed by atoms with Crippen molar-refractivity contribution in [1.82, 2.24) is 0 Å². The summed E-state index contributed by atoms with van der Waals surface area (Å²) in [5.74, 6) is -3.32. The Kier molecular flexibility index (Phi) is 14.7. The summed E-state index contributed by atoms with van der Waals surface area (Å²) in [4.78, 5) is 48.0. The topological polar surface area (TPSA) is 161 Å². The molecule has 0 spiro atoms. The van der Waals surface area contributed by atoms with Gasteiger partial charge in [0.15, 0.2) is 11.5 Å². The predicted octanol–water partition coefficient (Wildman–Crippen LogP) is 4.79. The average molecular weight is 526 g/mol. The quantitative estimate of drug-likeness (QED) is 0.132. The van der Waals surface area contributed by atoms with Gasteiger partial charge in [0.05, 0.1) is 19.8 Å². The number of carboxylic acids is 1. The van der Waals surface area contributed by atoms with Crippen molar-refractivity contribution in [2.75, 3.05) is 19.8 Å². The molecule has 0 saturated carbocycles. The lowest BCUT2D eigenvalue weighted by Gasteiger charge is -2.28. The Morgan fingerprint density at radius 1 is 0.865 bits per heavy atom. The van der Waals surface area contributed by atoms with Crippen molar-refractivity contribution in [2.45, 2.75) is 78.2 Å². The standard InChI is InChI=1S/C26H39NO10/c1-5-8-13-33-25(31)36-19-12-11-18(15-20(19)37-26(32)34-14-9-6-2)22(23(27)24(29)30)17(4)16-35-21(28)10-7-3/h11-12,15,17,22-23H,5-10,13-14,16,27H2,1-4H3,(H,29,30)/t17?,22?,23-/m0/s1. The van der Waals surface area contributed by atoms with Gasteiger partial charge in [0, 0.05) is 12.3 Å². The number of nitrogens with two attached hydrogens (primary N) is 1. The van der Waals surface area contributed by atoms with E-state index in [1.807, 2.05) is 20.8 Å². The molecule has 3 N–H and O–H groups in total. The lowest BCUT2D eigenvalue weighted by Crippen LogP contribution is -2.40. The van der Waals surface area contributed by atoms with Gasteiger partial charge in [-0.2, -0.15) is 0 Å². The number of hydrogen-bond donors (Lipinski definition) is 2. The molecular formula is C26H39NO10. The van der Waals surface area contributed by atoms with E-state index in [0.29, 0.717) is 24.8 Å². The van der Waals surface area contributed by atoms with Gasteiger partial charge in [-0.3, -0.25) is 9.59 Å². The molecule has 0 amide bonds. The van der Waals surface area contributed by atoms with Crippen molar-refractivity contribution in [3.05, 3.63) is 23.8 Å². The first kappa shape index (κ1) is 31.7. The van der Waals surface area contributed by atoms with E-state index in [9.17, 15) is 24.3 Å². The molecule has 0 heterocycles. The van der Waals surface area contributed by atoms with Crippen LogP contribution in [0.4, 0.5) is 9.59 Å². The van der Waals surface area contributed by atoms with E-state index in [4.69, 9.17) is 29.4 Å². The Morgan fingerprint density at radius 2 is 1.43 bits per heavy atom. The van der Waals surface area contributed by atoms with Crippen LogP contribution in [0.1, 0.15) is 77.7 Å². The van der Waals surface area contributed by atoms with Crippen LogP contribution in [0.5, 0.6) is 11.5 Å². The van der Waals surface area contributed by atoms with Crippen molar-refractivity contribution in [2.24, 2.45) is 11.7 Å². The molecule has 0 radical (unpaired) electrons. The van der Waals surface area contributed by atoms with Gasteiger partial charge < -0.3 is 34.5 Å². The number of ether oxygens (including phenoxy) is 5. The summed E-state index contributed by atoms with van der Waals surface area (Å²) in [7, 11) is 0. The fourth-order valence-corrected chi connectivity index (χ4v) is 3.38. The molecule has 1 aromatic rings. The number of aliphatic carboxylic acids is 1. The van der Waals surface area contributed by atoms with Crippen LogP contribution in [0, 0.1) is 5.92 Å². The largest absolute Gasteiger partial charge is 0.513 e. The van der Waals surface area contributed by atoms with Gasteiger partial charge in [-0.15, -0.1) is 0 Å². The van der Waals surface area contributed by atoms with Crippen molar-refractivity contribution in [3.63, 3.8) is 0 Å². The Hall–Kier alpha value is -3.34. The highest BCUT2D eigenvalue weighted by molar-refractivity contribution is 5.75. The molecule has 0 bridgehead atoms. The zero-order valence-electron chi connectivity index (χ0n) is 22.0. The fraction of sp³-hybridized carbons (Fsp3) is 0.615. The number of carbonyl (C=O) groups excluding carboxylic acids is 3. The van der Waals surface area contributed by atoms with E-state index in [0.717, 1.165) is 12.8 Å². The summed E-state index contributed by atoms with van der Waals surface area (Å²) in [6.45, 7) is 7.63. The monoisotopic (exact) mass is 525 g/mol. The minimum absolute atomic E-state index is 0.0677.